The maximum absolute atomic E-state index is 11.7. The minimum absolute atomic E-state index is 0.0516. The van der Waals surface area contributed by atoms with E-state index in [1.165, 1.54) is 0 Å². The highest BCUT2D eigenvalue weighted by Crippen LogP contribution is 2.22. The third kappa shape index (κ3) is 6.07. The first-order valence-electron chi connectivity index (χ1n) is 6.01. The number of hydrogen-bond donors (Lipinski definition) is 3. The number of aliphatic carboxylic acids is 1. The van der Waals surface area contributed by atoms with Gasteiger partial charge in [0.25, 0.3) is 0 Å². The Morgan fingerprint density at radius 2 is 2.26 bits per heavy atom. The quantitative estimate of drug-likeness (QED) is 0.708. The van der Waals surface area contributed by atoms with Crippen LogP contribution in [0.15, 0.2) is 15.9 Å². The number of rotatable bonds is 7. The lowest BCUT2D eigenvalue weighted by molar-refractivity contribution is -0.137. The van der Waals surface area contributed by atoms with Gasteiger partial charge in [0.2, 0.25) is 0 Å². The first-order chi connectivity index (χ1) is 9.02. The summed E-state index contributed by atoms with van der Waals surface area (Å²) in [7, 11) is 0. The van der Waals surface area contributed by atoms with Crippen LogP contribution in [0.5, 0.6) is 0 Å². The largest absolute Gasteiger partial charge is 0.481 e. The van der Waals surface area contributed by atoms with Gasteiger partial charge in [-0.3, -0.25) is 4.79 Å². The molecule has 0 aromatic carbocycles. The fraction of sp³-hybridized carbons (Fsp3) is 0.500. The second-order valence-corrected chi connectivity index (χ2v) is 5.96. The summed E-state index contributed by atoms with van der Waals surface area (Å²) in [5.41, 5.74) is 0. The summed E-state index contributed by atoms with van der Waals surface area (Å²) >= 11 is 4.93. The summed E-state index contributed by atoms with van der Waals surface area (Å²) in [6.07, 6.45) is 1.43. The SMILES string of the molecule is CCCC(CC(=O)O)NC(=O)NCc1sccc1Br. The Balaban J connectivity index is 2.39. The molecule has 0 aliphatic carbocycles. The van der Waals surface area contributed by atoms with E-state index in [1.54, 1.807) is 11.3 Å². The normalized spacial score (nSPS) is 11.9. The molecule has 0 saturated heterocycles. The third-order valence-corrected chi connectivity index (χ3v) is 4.42. The predicted octanol–water partition coefficient (Wildman–Crippen LogP) is 2.95. The minimum Gasteiger partial charge on any atom is -0.481 e. The van der Waals surface area contributed by atoms with Crippen LogP contribution in [0.25, 0.3) is 0 Å². The maximum Gasteiger partial charge on any atom is 0.315 e. The van der Waals surface area contributed by atoms with Crippen LogP contribution < -0.4 is 10.6 Å². The van der Waals surface area contributed by atoms with Gasteiger partial charge < -0.3 is 15.7 Å². The molecular weight excluding hydrogens is 332 g/mol. The zero-order chi connectivity index (χ0) is 14.3. The molecule has 0 fully saturated rings. The van der Waals surface area contributed by atoms with E-state index in [9.17, 15) is 9.59 Å². The Hall–Kier alpha value is -1.08. The number of hydrogen-bond acceptors (Lipinski definition) is 3. The standard InChI is InChI=1S/C12H17BrN2O3S/c1-2-3-8(6-11(16)17)15-12(18)14-7-10-9(13)4-5-19-10/h4-5,8H,2-3,6-7H2,1H3,(H,16,17)(H2,14,15,18). The summed E-state index contributed by atoms with van der Waals surface area (Å²) in [4.78, 5) is 23.4. The Kier molecular flexibility index (Phi) is 6.86. The van der Waals surface area contributed by atoms with Crippen LogP contribution in [0.1, 0.15) is 31.1 Å². The highest BCUT2D eigenvalue weighted by Gasteiger charge is 2.15. The number of halogens is 1. The van der Waals surface area contributed by atoms with E-state index in [4.69, 9.17) is 5.11 Å². The van der Waals surface area contributed by atoms with Crippen molar-refractivity contribution in [1.82, 2.24) is 10.6 Å². The van der Waals surface area contributed by atoms with Gasteiger partial charge in [-0.15, -0.1) is 11.3 Å². The van der Waals surface area contributed by atoms with Crippen LogP contribution in [0, 0.1) is 0 Å². The van der Waals surface area contributed by atoms with Gasteiger partial charge in [-0.2, -0.15) is 0 Å². The summed E-state index contributed by atoms with van der Waals surface area (Å²) < 4.78 is 0.966. The number of carboxylic acid groups (broad SMARTS) is 1. The van der Waals surface area contributed by atoms with Gasteiger partial charge in [-0.1, -0.05) is 13.3 Å². The molecule has 1 unspecified atom stereocenters. The van der Waals surface area contributed by atoms with Gasteiger partial charge in [-0.25, -0.2) is 4.79 Å². The summed E-state index contributed by atoms with van der Waals surface area (Å²) in [6, 6.07) is 1.26. The number of urea groups is 1. The van der Waals surface area contributed by atoms with Gasteiger partial charge in [-0.05, 0) is 33.8 Å². The maximum atomic E-state index is 11.7. The first kappa shape index (κ1) is 16.0. The topological polar surface area (TPSA) is 78.4 Å². The smallest absolute Gasteiger partial charge is 0.315 e. The molecule has 0 saturated carbocycles. The lowest BCUT2D eigenvalue weighted by Crippen LogP contribution is -2.42. The molecule has 3 N–H and O–H groups in total. The van der Waals surface area contributed by atoms with Crippen molar-refractivity contribution in [3.8, 4) is 0 Å². The molecule has 2 amide bonds. The third-order valence-electron chi connectivity index (χ3n) is 2.49. The zero-order valence-electron chi connectivity index (χ0n) is 10.6. The van der Waals surface area contributed by atoms with Crippen LogP contribution in [-0.4, -0.2) is 23.1 Å². The highest BCUT2D eigenvalue weighted by molar-refractivity contribution is 9.10. The molecule has 1 heterocycles. The highest BCUT2D eigenvalue weighted by atomic mass is 79.9. The van der Waals surface area contributed by atoms with Crippen molar-refractivity contribution >= 4 is 39.3 Å². The van der Waals surface area contributed by atoms with Gasteiger partial charge in [0.1, 0.15) is 0 Å². The number of nitrogens with one attached hydrogen (secondary N) is 2. The van der Waals surface area contributed by atoms with Crippen molar-refractivity contribution in [3.05, 3.63) is 20.8 Å². The molecule has 1 aromatic heterocycles. The Labute approximate surface area is 124 Å². The van der Waals surface area contributed by atoms with Crippen molar-refractivity contribution in [3.63, 3.8) is 0 Å². The fourth-order valence-corrected chi connectivity index (χ4v) is 3.06. The van der Waals surface area contributed by atoms with Crippen LogP contribution in [0.4, 0.5) is 4.79 Å². The van der Waals surface area contributed by atoms with Gasteiger partial charge in [0.05, 0.1) is 13.0 Å². The summed E-state index contributed by atoms with van der Waals surface area (Å²) in [5.74, 6) is -0.903. The first-order valence-corrected chi connectivity index (χ1v) is 7.68. The zero-order valence-corrected chi connectivity index (χ0v) is 13.0. The summed E-state index contributed by atoms with van der Waals surface area (Å²) in [5, 5.41) is 16.1. The molecule has 106 valence electrons. The Bertz CT molecular complexity index is 436. The average Bonchev–Trinajstić information content (AvgIpc) is 2.71. The van der Waals surface area contributed by atoms with E-state index >= 15 is 0 Å². The van der Waals surface area contributed by atoms with E-state index in [-0.39, 0.29) is 18.5 Å². The van der Waals surface area contributed by atoms with Crippen LogP contribution in [0.3, 0.4) is 0 Å². The monoisotopic (exact) mass is 348 g/mol. The molecule has 0 aliphatic heterocycles. The van der Waals surface area contributed by atoms with E-state index in [1.807, 2.05) is 18.4 Å². The number of thiophene rings is 1. The molecule has 0 bridgehead atoms. The molecule has 1 aromatic rings. The number of carbonyl (C=O) groups is 2. The molecule has 0 spiro atoms. The van der Waals surface area contributed by atoms with Crippen molar-refractivity contribution in [2.24, 2.45) is 0 Å². The molecular formula is C12H17BrN2O3S. The van der Waals surface area contributed by atoms with E-state index < -0.39 is 5.97 Å². The second-order valence-electron chi connectivity index (χ2n) is 4.10. The Morgan fingerprint density at radius 1 is 1.53 bits per heavy atom. The number of carbonyl (C=O) groups excluding carboxylic acids is 1. The number of amides is 2. The van der Waals surface area contributed by atoms with Crippen LogP contribution in [0.2, 0.25) is 0 Å². The minimum atomic E-state index is -0.903. The van der Waals surface area contributed by atoms with Crippen LogP contribution in [-0.2, 0) is 11.3 Å². The average molecular weight is 349 g/mol. The number of carboxylic acids is 1. The molecule has 19 heavy (non-hydrogen) atoms. The fourth-order valence-electron chi connectivity index (χ4n) is 1.63. The lowest BCUT2D eigenvalue weighted by Gasteiger charge is -2.16. The van der Waals surface area contributed by atoms with Crippen molar-refractivity contribution in [1.29, 1.82) is 0 Å². The Morgan fingerprint density at radius 3 is 2.79 bits per heavy atom. The second kappa shape index (κ2) is 8.16. The van der Waals surface area contributed by atoms with Gasteiger partial charge >= 0.3 is 12.0 Å². The molecule has 7 heteroatoms. The molecule has 0 aliphatic rings. The van der Waals surface area contributed by atoms with Gasteiger partial charge in [0, 0.05) is 15.4 Å². The molecule has 5 nitrogen and oxygen atoms in total. The van der Waals surface area contributed by atoms with E-state index in [0.29, 0.717) is 13.0 Å². The lowest BCUT2D eigenvalue weighted by atomic mass is 10.1. The van der Waals surface area contributed by atoms with E-state index in [2.05, 4.69) is 26.6 Å². The van der Waals surface area contributed by atoms with Crippen molar-refractivity contribution in [2.75, 3.05) is 0 Å². The van der Waals surface area contributed by atoms with E-state index in [0.717, 1.165) is 15.8 Å². The van der Waals surface area contributed by atoms with Gasteiger partial charge in [0.15, 0.2) is 0 Å². The van der Waals surface area contributed by atoms with Crippen molar-refractivity contribution < 1.29 is 14.7 Å². The van der Waals surface area contributed by atoms with Crippen molar-refractivity contribution in [2.45, 2.75) is 38.8 Å². The molecule has 1 atom stereocenters. The molecule has 1 rings (SSSR count). The van der Waals surface area contributed by atoms with Crippen LogP contribution >= 0.6 is 27.3 Å². The predicted molar refractivity (Wildman–Crippen MR) is 78.3 cm³/mol. The summed E-state index contributed by atoms with van der Waals surface area (Å²) in [6.45, 7) is 2.38. The molecule has 0 radical (unpaired) electrons.